The molecule has 0 radical (unpaired) electrons. The van der Waals surface area contributed by atoms with Crippen LogP contribution in [-0.2, 0) is 11.3 Å². The molecule has 1 aliphatic rings. The van der Waals surface area contributed by atoms with Crippen molar-refractivity contribution in [3.63, 3.8) is 0 Å². The third-order valence-electron chi connectivity index (χ3n) is 6.25. The number of pyridine rings is 1. The lowest BCUT2D eigenvalue weighted by atomic mass is 10.0. The van der Waals surface area contributed by atoms with Crippen LogP contribution in [0.3, 0.4) is 0 Å². The molecule has 0 aliphatic carbocycles. The Labute approximate surface area is 184 Å². The number of likely N-dealkylation sites (N-methyl/N-ethyl adjacent to an activating group) is 1. The molecule has 3 rings (SSSR count). The fraction of sp³-hybridized carbons (Fsp3) is 0.545. The molecule has 168 valence electrons. The zero-order valence-corrected chi connectivity index (χ0v) is 19.7. The smallest absolute Gasteiger partial charge is 0.249 e. The van der Waals surface area contributed by atoms with Crippen molar-refractivity contribution in [2.24, 2.45) is 0 Å². The van der Waals surface area contributed by atoms with Crippen LogP contribution in [0.25, 0.3) is 0 Å². The second-order valence-electron chi connectivity index (χ2n) is 8.92. The maximum Gasteiger partial charge on any atom is 0.249 e. The van der Waals surface area contributed by atoms with Crippen LogP contribution >= 0.6 is 0 Å². The first kappa shape index (κ1) is 22.7. The molecule has 9 nitrogen and oxygen atoms in total. The van der Waals surface area contributed by atoms with E-state index in [9.17, 15) is 4.79 Å². The fourth-order valence-corrected chi connectivity index (χ4v) is 3.74. The zero-order chi connectivity index (χ0) is 23.1. The minimum absolute atomic E-state index is 0.00692. The van der Waals surface area contributed by atoms with Gasteiger partial charge in [-0.2, -0.15) is 4.98 Å². The van der Waals surface area contributed by atoms with E-state index in [-0.39, 0.29) is 17.4 Å². The maximum atomic E-state index is 13.5. The number of carbonyl (C=O) groups is 1. The van der Waals surface area contributed by atoms with Crippen molar-refractivity contribution in [3.05, 3.63) is 29.2 Å². The highest BCUT2D eigenvalue weighted by Crippen LogP contribution is 2.37. The first-order valence-electron chi connectivity index (χ1n) is 10.3. The number of carbonyl (C=O) groups excluding carboxylic acids is 1. The lowest BCUT2D eigenvalue weighted by molar-refractivity contribution is -0.120. The molecular formula is C22H33N7O2. The molecule has 9 heteroatoms. The van der Waals surface area contributed by atoms with Gasteiger partial charge in [-0.25, -0.2) is 4.98 Å². The van der Waals surface area contributed by atoms with E-state index < -0.39 is 6.04 Å². The van der Waals surface area contributed by atoms with Crippen LogP contribution in [-0.4, -0.2) is 65.1 Å². The molecule has 3 heterocycles. The summed E-state index contributed by atoms with van der Waals surface area (Å²) in [6, 6.07) is -0.437. The number of methoxy groups -OCH3 is 1. The molecule has 1 amide bonds. The van der Waals surface area contributed by atoms with Gasteiger partial charge in [-0.15, -0.1) is 0 Å². The molecule has 2 N–H and O–H groups in total. The summed E-state index contributed by atoms with van der Waals surface area (Å²) in [5.74, 6) is 1.60. The molecule has 2 aromatic rings. The van der Waals surface area contributed by atoms with Crippen LogP contribution in [0.4, 0.5) is 17.5 Å². The van der Waals surface area contributed by atoms with E-state index >= 15 is 0 Å². The number of rotatable bonds is 6. The third kappa shape index (κ3) is 4.14. The predicted molar refractivity (Wildman–Crippen MR) is 122 cm³/mol. The number of ether oxygens (including phenoxy) is 1. The Morgan fingerprint density at radius 1 is 1.23 bits per heavy atom. The molecule has 31 heavy (non-hydrogen) atoms. The van der Waals surface area contributed by atoms with Crippen molar-refractivity contribution >= 4 is 23.4 Å². The van der Waals surface area contributed by atoms with Gasteiger partial charge in [0.15, 0.2) is 5.82 Å². The first-order chi connectivity index (χ1) is 14.5. The van der Waals surface area contributed by atoms with Crippen molar-refractivity contribution in [2.45, 2.75) is 52.7 Å². The summed E-state index contributed by atoms with van der Waals surface area (Å²) >= 11 is 0. The summed E-state index contributed by atoms with van der Waals surface area (Å²) in [7, 11) is 5.66. The number of fused-ring (bicyclic) bond motifs is 1. The fourth-order valence-electron chi connectivity index (χ4n) is 3.74. The van der Waals surface area contributed by atoms with Gasteiger partial charge in [-0.1, -0.05) is 0 Å². The molecule has 0 unspecified atom stereocenters. The Balaban J connectivity index is 2.06. The lowest BCUT2D eigenvalue weighted by Gasteiger charge is -2.44. The largest absolute Gasteiger partial charge is 0.496 e. The highest BCUT2D eigenvalue weighted by atomic mass is 16.5. The maximum absolute atomic E-state index is 13.5. The van der Waals surface area contributed by atoms with Crippen LogP contribution < -0.4 is 20.3 Å². The summed E-state index contributed by atoms with van der Waals surface area (Å²) in [5.41, 5.74) is 9.10. The van der Waals surface area contributed by atoms with Crippen molar-refractivity contribution in [3.8, 4) is 5.75 Å². The van der Waals surface area contributed by atoms with E-state index in [1.807, 2.05) is 39.8 Å². The Morgan fingerprint density at radius 3 is 2.52 bits per heavy atom. The van der Waals surface area contributed by atoms with Crippen LogP contribution in [0.15, 0.2) is 12.4 Å². The van der Waals surface area contributed by atoms with Gasteiger partial charge in [0.1, 0.15) is 17.5 Å². The van der Waals surface area contributed by atoms with Crippen molar-refractivity contribution < 1.29 is 9.53 Å². The van der Waals surface area contributed by atoms with Gasteiger partial charge >= 0.3 is 0 Å². The Bertz CT molecular complexity index is 990. The van der Waals surface area contributed by atoms with Gasteiger partial charge in [0.25, 0.3) is 0 Å². The molecule has 0 fully saturated rings. The number of nitrogens with zero attached hydrogens (tertiary/aromatic N) is 6. The van der Waals surface area contributed by atoms with Crippen molar-refractivity contribution in [2.75, 3.05) is 43.3 Å². The van der Waals surface area contributed by atoms with E-state index in [1.165, 1.54) is 0 Å². The molecule has 0 saturated heterocycles. The van der Waals surface area contributed by atoms with Gasteiger partial charge in [0.05, 0.1) is 25.5 Å². The van der Waals surface area contributed by atoms with Gasteiger partial charge < -0.3 is 25.2 Å². The summed E-state index contributed by atoms with van der Waals surface area (Å²) in [6.45, 7) is 10.9. The number of nitrogens with two attached hydrogens (primary N) is 1. The molecule has 0 aromatic carbocycles. The number of amides is 1. The summed E-state index contributed by atoms with van der Waals surface area (Å²) in [6.07, 6.45) is 3.43. The minimum Gasteiger partial charge on any atom is -0.496 e. The monoisotopic (exact) mass is 427 g/mol. The highest BCUT2D eigenvalue weighted by molar-refractivity contribution is 6.04. The van der Waals surface area contributed by atoms with Crippen LogP contribution in [0.2, 0.25) is 0 Å². The highest BCUT2D eigenvalue weighted by Gasteiger charge is 2.40. The number of aromatic nitrogens is 3. The summed E-state index contributed by atoms with van der Waals surface area (Å²) < 4.78 is 5.55. The third-order valence-corrected chi connectivity index (χ3v) is 6.25. The quantitative estimate of drug-likeness (QED) is 0.749. The number of aryl methyl sites for hydroxylation is 1. The topological polar surface area (TPSA) is 101 Å². The average Bonchev–Trinajstić information content (AvgIpc) is 2.70. The minimum atomic E-state index is -0.437. The number of anilines is 3. The Kier molecular flexibility index (Phi) is 6.09. The average molecular weight is 428 g/mol. The van der Waals surface area contributed by atoms with E-state index in [0.717, 1.165) is 22.6 Å². The van der Waals surface area contributed by atoms with E-state index in [4.69, 9.17) is 10.5 Å². The summed E-state index contributed by atoms with van der Waals surface area (Å²) in [5, 5.41) is 0. The molecule has 1 aliphatic heterocycles. The number of hydrogen-bond acceptors (Lipinski definition) is 8. The van der Waals surface area contributed by atoms with Crippen LogP contribution in [0, 0.1) is 13.8 Å². The molecule has 2 aromatic heterocycles. The second kappa shape index (κ2) is 8.30. The molecule has 1 atom stereocenters. The van der Waals surface area contributed by atoms with Crippen LogP contribution in [0.1, 0.15) is 37.6 Å². The molecule has 0 bridgehead atoms. The van der Waals surface area contributed by atoms with Crippen molar-refractivity contribution in [1.82, 2.24) is 19.9 Å². The molecule has 0 saturated carbocycles. The number of hydrogen-bond donors (Lipinski definition) is 1. The number of nitrogen functional groups attached to an aromatic ring is 1. The van der Waals surface area contributed by atoms with Gasteiger partial charge in [-0.05, 0) is 48.7 Å². The zero-order valence-electron chi connectivity index (χ0n) is 19.7. The Hall–Kier alpha value is -2.94. The van der Waals surface area contributed by atoms with Crippen LogP contribution in [0.5, 0.6) is 5.75 Å². The lowest BCUT2D eigenvalue weighted by Crippen LogP contribution is -2.58. The van der Waals surface area contributed by atoms with E-state index in [1.54, 1.807) is 24.4 Å². The SMILES string of the molecule is COc1c(C)cnc(CN2c3nc(N)ncc3N(CC(C)(C)N(C)C)C(=O)[C@H]2C)c1C. The normalized spacial score (nSPS) is 16.7. The van der Waals surface area contributed by atoms with E-state index in [2.05, 4.69) is 33.7 Å². The molecule has 0 spiro atoms. The second-order valence-corrected chi connectivity index (χ2v) is 8.92. The van der Waals surface area contributed by atoms with Gasteiger partial charge in [0.2, 0.25) is 11.9 Å². The summed E-state index contributed by atoms with van der Waals surface area (Å²) in [4.78, 5) is 32.6. The van der Waals surface area contributed by atoms with Gasteiger partial charge in [-0.3, -0.25) is 9.78 Å². The standard InChI is InChI=1S/C22H33N7O2/c1-13-9-24-16(14(2)18(13)31-8)11-28-15(3)20(30)29(12-22(4,5)27(6)7)17-10-25-21(23)26-19(17)28/h9-10,15H,11-12H2,1-8H3,(H2,23,25,26)/t15-/m1/s1. The van der Waals surface area contributed by atoms with Crippen molar-refractivity contribution in [1.29, 1.82) is 0 Å². The van der Waals surface area contributed by atoms with E-state index in [0.29, 0.717) is 24.6 Å². The molecular weight excluding hydrogens is 394 g/mol. The van der Waals surface area contributed by atoms with Gasteiger partial charge in [0, 0.05) is 29.4 Å². The first-order valence-corrected chi connectivity index (χ1v) is 10.3. The Morgan fingerprint density at radius 2 is 1.90 bits per heavy atom. The predicted octanol–water partition coefficient (Wildman–Crippen LogP) is 2.16.